The number of carbonyl (C=O) groups excluding carboxylic acids is 1. The highest BCUT2D eigenvalue weighted by Crippen LogP contribution is 2.43. The van der Waals surface area contributed by atoms with E-state index in [0.717, 1.165) is 25.7 Å². The minimum absolute atomic E-state index is 0. The first kappa shape index (κ1) is 18.6. The Kier molecular flexibility index (Phi) is 5.37. The van der Waals surface area contributed by atoms with Crippen LogP contribution in [0.5, 0.6) is 0 Å². The number of fused-ring (bicyclic) bond motifs is 2. The fourth-order valence-electron chi connectivity index (χ4n) is 4.82. The lowest BCUT2D eigenvalue weighted by molar-refractivity contribution is -0.137. The molecule has 1 aromatic carbocycles. The van der Waals surface area contributed by atoms with E-state index in [-0.39, 0.29) is 42.3 Å². The van der Waals surface area contributed by atoms with E-state index in [1.807, 2.05) is 19.1 Å². The summed E-state index contributed by atoms with van der Waals surface area (Å²) in [4.78, 5) is 14.9. The van der Waals surface area contributed by atoms with Crippen molar-refractivity contribution < 1.29 is 14.3 Å². The second-order valence-corrected chi connectivity index (χ2v) is 7.66. The number of aliphatic hydroxyl groups is 1. The Morgan fingerprint density at radius 3 is 2.48 bits per heavy atom. The molecule has 3 aliphatic rings. The molecule has 138 valence electrons. The van der Waals surface area contributed by atoms with Gasteiger partial charge < -0.3 is 15.3 Å². The van der Waals surface area contributed by atoms with Crippen LogP contribution >= 0.6 is 12.4 Å². The maximum absolute atomic E-state index is 13.5. The van der Waals surface area contributed by atoms with Crippen LogP contribution in [0, 0.1) is 12.7 Å². The number of nitrogens with one attached hydrogen (secondary N) is 1. The highest BCUT2D eigenvalue weighted by atomic mass is 35.5. The van der Waals surface area contributed by atoms with Crippen molar-refractivity contribution in [1.29, 1.82) is 0 Å². The first-order chi connectivity index (χ1) is 11.5. The number of hydrogen-bond acceptors (Lipinski definition) is 3. The number of carbonyl (C=O) groups is 1. The Balaban J connectivity index is 0.00000182. The molecule has 2 bridgehead atoms. The first-order valence-electron chi connectivity index (χ1n) is 9.02. The molecular formula is C19H26ClFN2O2. The largest absolute Gasteiger partial charge is 0.392 e. The Labute approximate surface area is 154 Å². The summed E-state index contributed by atoms with van der Waals surface area (Å²) in [6.07, 6.45) is 4.15. The van der Waals surface area contributed by atoms with Gasteiger partial charge in [-0.15, -0.1) is 12.4 Å². The van der Waals surface area contributed by atoms with Gasteiger partial charge in [0.05, 0.1) is 12.1 Å². The summed E-state index contributed by atoms with van der Waals surface area (Å²) in [6.45, 7) is 2.32. The first-order valence-corrected chi connectivity index (χ1v) is 9.02. The van der Waals surface area contributed by atoms with Crippen LogP contribution in [-0.4, -0.2) is 46.7 Å². The van der Waals surface area contributed by atoms with Gasteiger partial charge in [-0.05, 0) is 62.1 Å². The van der Waals surface area contributed by atoms with Crippen molar-refractivity contribution in [1.82, 2.24) is 10.2 Å². The van der Waals surface area contributed by atoms with E-state index >= 15 is 0 Å². The van der Waals surface area contributed by atoms with Crippen molar-refractivity contribution in [3.8, 4) is 0 Å². The van der Waals surface area contributed by atoms with Crippen molar-refractivity contribution in [2.24, 2.45) is 0 Å². The topological polar surface area (TPSA) is 52.6 Å². The lowest BCUT2D eigenvalue weighted by Crippen LogP contribution is -2.52. The molecule has 0 spiro atoms. The zero-order valence-corrected chi connectivity index (χ0v) is 15.3. The van der Waals surface area contributed by atoms with Crippen LogP contribution in [-0.2, 0) is 4.79 Å². The molecule has 1 aromatic rings. The quantitative estimate of drug-likeness (QED) is 0.843. The van der Waals surface area contributed by atoms with Crippen LogP contribution in [0.2, 0.25) is 0 Å². The number of piperidine rings is 1. The molecule has 1 unspecified atom stereocenters. The minimum Gasteiger partial charge on any atom is -0.392 e. The van der Waals surface area contributed by atoms with Gasteiger partial charge in [-0.25, -0.2) is 4.39 Å². The molecule has 2 N–H and O–H groups in total. The maximum Gasteiger partial charge on any atom is 0.240 e. The van der Waals surface area contributed by atoms with Gasteiger partial charge in [0.2, 0.25) is 5.91 Å². The standard InChI is InChI=1S/C19H25FN2O2.ClH/c1-11-6-12(2-5-17(11)20)13-7-14-3-4-15(8-13)22(14)19(24)18-9-16(23)10-21-18;/h2,5-6,13-16,18,21,23H,3-4,7-10H2,1H3;1H/t13?,14-,15+,16-,18+;/m1./s1. The van der Waals surface area contributed by atoms with Gasteiger partial charge in [-0.3, -0.25) is 4.79 Å². The van der Waals surface area contributed by atoms with E-state index in [1.54, 1.807) is 6.07 Å². The Hall–Kier alpha value is -1.17. The minimum atomic E-state index is -0.406. The second kappa shape index (κ2) is 7.22. The Bertz CT molecular complexity index is 642. The second-order valence-electron chi connectivity index (χ2n) is 7.66. The maximum atomic E-state index is 13.5. The van der Waals surface area contributed by atoms with Gasteiger partial charge in [0.25, 0.3) is 0 Å². The lowest BCUT2D eigenvalue weighted by Gasteiger charge is -2.40. The van der Waals surface area contributed by atoms with Crippen LogP contribution in [0.25, 0.3) is 0 Å². The van der Waals surface area contributed by atoms with Crippen molar-refractivity contribution in [2.75, 3.05) is 6.54 Å². The van der Waals surface area contributed by atoms with Gasteiger partial charge in [-0.1, -0.05) is 12.1 Å². The smallest absolute Gasteiger partial charge is 0.240 e. The third-order valence-electron chi connectivity index (χ3n) is 6.05. The molecule has 0 aliphatic carbocycles. The molecule has 4 rings (SSSR count). The number of aliphatic hydroxyl groups excluding tert-OH is 1. The molecule has 5 atom stereocenters. The number of halogens is 2. The number of amides is 1. The molecular weight excluding hydrogens is 343 g/mol. The predicted molar refractivity (Wildman–Crippen MR) is 96.4 cm³/mol. The van der Waals surface area contributed by atoms with Crippen molar-refractivity contribution >= 4 is 18.3 Å². The van der Waals surface area contributed by atoms with Gasteiger partial charge in [0.15, 0.2) is 0 Å². The molecule has 3 saturated heterocycles. The van der Waals surface area contributed by atoms with Gasteiger partial charge >= 0.3 is 0 Å². The van der Waals surface area contributed by atoms with E-state index in [9.17, 15) is 14.3 Å². The Morgan fingerprint density at radius 2 is 1.92 bits per heavy atom. The summed E-state index contributed by atoms with van der Waals surface area (Å²) in [5.41, 5.74) is 1.90. The zero-order valence-electron chi connectivity index (χ0n) is 14.5. The average Bonchev–Trinajstić information content (AvgIpc) is 3.10. The number of rotatable bonds is 2. The summed E-state index contributed by atoms with van der Waals surface area (Å²) in [7, 11) is 0. The summed E-state index contributed by atoms with van der Waals surface area (Å²) in [5.74, 6) is 0.418. The number of β-amino-alcohol motifs (C(OH)–C–C–N with tert-alkyl or cyclic N) is 1. The van der Waals surface area contributed by atoms with Crippen LogP contribution in [0.3, 0.4) is 0 Å². The average molecular weight is 369 g/mol. The fourth-order valence-corrected chi connectivity index (χ4v) is 4.82. The Morgan fingerprint density at radius 1 is 1.24 bits per heavy atom. The zero-order chi connectivity index (χ0) is 16.8. The molecule has 0 aromatic heterocycles. The molecule has 25 heavy (non-hydrogen) atoms. The predicted octanol–water partition coefficient (Wildman–Crippen LogP) is 2.52. The van der Waals surface area contributed by atoms with Crippen molar-refractivity contribution in [3.05, 3.63) is 35.1 Å². The fraction of sp³-hybridized carbons (Fsp3) is 0.632. The highest BCUT2D eigenvalue weighted by molar-refractivity contribution is 5.85. The van der Waals surface area contributed by atoms with Crippen LogP contribution in [0.15, 0.2) is 18.2 Å². The van der Waals surface area contributed by atoms with Gasteiger partial charge in [0, 0.05) is 18.6 Å². The van der Waals surface area contributed by atoms with Gasteiger partial charge in [0.1, 0.15) is 5.82 Å². The van der Waals surface area contributed by atoms with E-state index in [2.05, 4.69) is 10.2 Å². The number of hydrogen-bond donors (Lipinski definition) is 2. The number of benzene rings is 1. The summed E-state index contributed by atoms with van der Waals surface area (Å²) in [5, 5.41) is 12.8. The molecule has 0 radical (unpaired) electrons. The van der Waals surface area contributed by atoms with Crippen LogP contribution in [0.1, 0.15) is 49.1 Å². The molecule has 3 aliphatic heterocycles. The molecule has 3 heterocycles. The number of aryl methyl sites for hydroxylation is 1. The van der Waals surface area contributed by atoms with E-state index in [0.29, 0.717) is 24.4 Å². The summed E-state index contributed by atoms with van der Waals surface area (Å²) < 4.78 is 13.5. The van der Waals surface area contributed by atoms with Crippen molar-refractivity contribution in [3.63, 3.8) is 0 Å². The van der Waals surface area contributed by atoms with E-state index in [4.69, 9.17) is 0 Å². The third kappa shape index (κ3) is 3.42. The monoisotopic (exact) mass is 368 g/mol. The summed E-state index contributed by atoms with van der Waals surface area (Å²) in [6, 6.07) is 5.77. The lowest BCUT2D eigenvalue weighted by atomic mass is 9.84. The molecule has 4 nitrogen and oxygen atoms in total. The SMILES string of the molecule is Cc1cc(C2C[C@H]3CC[C@@H](C2)N3C(=O)[C@@H]2C[C@@H](O)CN2)ccc1F.Cl. The molecule has 6 heteroatoms. The molecule has 1 amide bonds. The molecule has 0 saturated carbocycles. The summed E-state index contributed by atoms with van der Waals surface area (Å²) >= 11 is 0. The molecule has 3 fully saturated rings. The van der Waals surface area contributed by atoms with Crippen molar-refractivity contribution in [2.45, 2.75) is 69.2 Å². The van der Waals surface area contributed by atoms with Gasteiger partial charge in [-0.2, -0.15) is 0 Å². The van der Waals surface area contributed by atoms with Crippen LogP contribution in [0.4, 0.5) is 4.39 Å². The third-order valence-corrected chi connectivity index (χ3v) is 6.05. The van der Waals surface area contributed by atoms with E-state index in [1.165, 1.54) is 5.56 Å². The van der Waals surface area contributed by atoms with Crippen LogP contribution < -0.4 is 5.32 Å². The van der Waals surface area contributed by atoms with E-state index < -0.39 is 6.10 Å². The number of nitrogens with zero attached hydrogens (tertiary/aromatic N) is 1. The highest BCUT2D eigenvalue weighted by Gasteiger charge is 2.46. The normalized spacial score (nSPS) is 34.0.